The second-order valence-electron chi connectivity index (χ2n) is 8.67. The number of aryl methyl sites for hydroxylation is 1. The van der Waals surface area contributed by atoms with Crippen LogP contribution in [0.5, 0.6) is 0 Å². The molecule has 0 unspecified atom stereocenters. The third-order valence-corrected chi connectivity index (χ3v) is 6.32. The molecular weight excluding hydrogens is 421 g/mol. The van der Waals surface area contributed by atoms with E-state index >= 15 is 0 Å². The Bertz CT molecular complexity index is 1210. The number of nitrogens with one attached hydrogen (secondary N) is 1. The van der Waals surface area contributed by atoms with E-state index in [1.807, 2.05) is 6.07 Å². The second-order valence-corrected chi connectivity index (χ2v) is 8.67. The van der Waals surface area contributed by atoms with Crippen LogP contribution in [0.1, 0.15) is 53.8 Å². The Kier molecular flexibility index (Phi) is 5.90. The minimum Gasteiger partial charge on any atom is -0.338 e. The number of carbonyl (C=O) groups is 2. The lowest BCUT2D eigenvalue weighted by molar-refractivity contribution is -0.128. The van der Waals surface area contributed by atoms with Crippen LogP contribution in [0.3, 0.4) is 0 Å². The van der Waals surface area contributed by atoms with E-state index in [1.165, 1.54) is 6.07 Å². The zero-order valence-electron chi connectivity index (χ0n) is 18.4. The van der Waals surface area contributed by atoms with Crippen LogP contribution in [-0.2, 0) is 24.3 Å². The fourth-order valence-electron chi connectivity index (χ4n) is 4.56. The average Bonchev–Trinajstić information content (AvgIpc) is 3.33. The summed E-state index contributed by atoms with van der Waals surface area (Å²) < 4.78 is 16.7. The van der Waals surface area contributed by atoms with Crippen molar-refractivity contribution in [3.8, 4) is 11.4 Å². The van der Waals surface area contributed by atoms with Crippen LogP contribution < -0.4 is 5.32 Å². The Morgan fingerprint density at radius 3 is 2.76 bits per heavy atom. The number of hydrogen-bond donors (Lipinski definition) is 1. The van der Waals surface area contributed by atoms with Crippen LogP contribution >= 0.6 is 0 Å². The van der Waals surface area contributed by atoms with Crippen LogP contribution in [0, 0.1) is 5.82 Å². The number of hydrogen-bond acceptors (Lipinski definition) is 4. The summed E-state index contributed by atoms with van der Waals surface area (Å²) >= 11 is 0. The first-order chi connectivity index (χ1) is 16.1. The molecule has 170 valence electrons. The van der Waals surface area contributed by atoms with Gasteiger partial charge in [0.15, 0.2) is 5.82 Å². The summed E-state index contributed by atoms with van der Waals surface area (Å²) in [6, 6.07) is 11.7. The Morgan fingerprint density at radius 2 is 1.91 bits per heavy atom. The minimum atomic E-state index is -0.512. The van der Waals surface area contributed by atoms with Crippen molar-refractivity contribution in [3.63, 3.8) is 0 Å². The highest BCUT2D eigenvalue weighted by Gasteiger charge is 2.21. The van der Waals surface area contributed by atoms with Gasteiger partial charge in [-0.2, -0.15) is 0 Å². The number of amides is 2. The monoisotopic (exact) mass is 447 g/mol. The fourth-order valence-corrected chi connectivity index (χ4v) is 4.56. The third-order valence-electron chi connectivity index (χ3n) is 6.32. The lowest BCUT2D eigenvalue weighted by atomic mass is 10.1. The molecule has 5 rings (SSSR count). The first-order valence-corrected chi connectivity index (χ1v) is 11.5. The van der Waals surface area contributed by atoms with Crippen molar-refractivity contribution in [1.82, 2.24) is 19.7 Å². The zero-order valence-corrected chi connectivity index (χ0v) is 18.4. The summed E-state index contributed by atoms with van der Waals surface area (Å²) in [5, 5.41) is 11.3. The van der Waals surface area contributed by atoms with E-state index in [0.29, 0.717) is 29.9 Å². The van der Waals surface area contributed by atoms with Gasteiger partial charge in [0.25, 0.3) is 5.91 Å². The van der Waals surface area contributed by atoms with Crippen molar-refractivity contribution in [3.05, 3.63) is 65.2 Å². The number of rotatable bonds is 5. The quantitative estimate of drug-likeness (QED) is 0.636. The predicted octanol–water partition coefficient (Wildman–Crippen LogP) is 4.19. The number of benzene rings is 2. The van der Waals surface area contributed by atoms with Gasteiger partial charge in [-0.3, -0.25) is 9.59 Å². The molecule has 3 aromatic rings. The Morgan fingerprint density at radius 1 is 1.00 bits per heavy atom. The number of carbonyl (C=O) groups excluding carboxylic acids is 2. The number of fused-ring (bicyclic) bond motifs is 1. The van der Waals surface area contributed by atoms with Crippen molar-refractivity contribution in [2.24, 2.45) is 0 Å². The molecule has 1 fully saturated rings. The topological polar surface area (TPSA) is 80.1 Å². The van der Waals surface area contributed by atoms with Crippen molar-refractivity contribution in [2.45, 2.75) is 51.6 Å². The summed E-state index contributed by atoms with van der Waals surface area (Å²) in [6.07, 6.45) is 5.63. The van der Waals surface area contributed by atoms with Crippen LogP contribution in [0.2, 0.25) is 0 Å². The number of aromatic nitrogens is 3. The molecular formula is C25H26FN5O2. The largest absolute Gasteiger partial charge is 0.338 e. The zero-order chi connectivity index (χ0) is 22.8. The molecule has 0 radical (unpaired) electrons. The number of halogens is 1. The molecule has 0 spiro atoms. The Balaban J connectivity index is 1.36. The SMILES string of the molecule is O=C(Nc1cc(-c2nnc3n2CCCCC3)ccc1F)c1cccc(CN2CCCC2=O)c1. The summed E-state index contributed by atoms with van der Waals surface area (Å²) in [5.41, 5.74) is 2.11. The van der Waals surface area contributed by atoms with Crippen LogP contribution in [-0.4, -0.2) is 38.0 Å². The van der Waals surface area contributed by atoms with Gasteiger partial charge in [-0.15, -0.1) is 10.2 Å². The van der Waals surface area contributed by atoms with Gasteiger partial charge in [0.05, 0.1) is 5.69 Å². The van der Waals surface area contributed by atoms with E-state index in [1.54, 1.807) is 35.2 Å². The highest BCUT2D eigenvalue weighted by molar-refractivity contribution is 6.04. The van der Waals surface area contributed by atoms with E-state index < -0.39 is 11.7 Å². The molecule has 8 heteroatoms. The molecule has 0 aliphatic carbocycles. The normalized spacial score (nSPS) is 15.9. The van der Waals surface area contributed by atoms with Gasteiger partial charge < -0.3 is 14.8 Å². The van der Waals surface area contributed by atoms with Crippen LogP contribution in [0.4, 0.5) is 10.1 Å². The third kappa shape index (κ3) is 4.51. The van der Waals surface area contributed by atoms with Crippen molar-refractivity contribution in [1.29, 1.82) is 0 Å². The fraction of sp³-hybridized carbons (Fsp3) is 0.360. The van der Waals surface area contributed by atoms with Gasteiger partial charge in [0.2, 0.25) is 5.91 Å². The standard InChI is InChI=1S/C25H26FN5O2/c26-20-11-10-18(24-29-28-22-8-2-1-3-13-31(22)24)15-21(20)27-25(33)19-7-4-6-17(14-19)16-30-12-5-9-23(30)32/h4,6-7,10-11,14-15H,1-3,5,8-9,12-13,16H2,(H,27,33). The summed E-state index contributed by atoms with van der Waals surface area (Å²) in [5.74, 6) is 0.864. The Hall–Kier alpha value is -3.55. The average molecular weight is 448 g/mol. The van der Waals surface area contributed by atoms with Crippen molar-refractivity contribution in [2.75, 3.05) is 11.9 Å². The highest BCUT2D eigenvalue weighted by atomic mass is 19.1. The predicted molar refractivity (Wildman–Crippen MR) is 122 cm³/mol. The molecule has 7 nitrogen and oxygen atoms in total. The van der Waals surface area contributed by atoms with Gasteiger partial charge in [-0.05, 0) is 55.2 Å². The molecule has 1 saturated heterocycles. The smallest absolute Gasteiger partial charge is 0.255 e. The van der Waals surface area contributed by atoms with Gasteiger partial charge in [0, 0.05) is 43.6 Å². The van der Waals surface area contributed by atoms with Gasteiger partial charge >= 0.3 is 0 Å². The first-order valence-electron chi connectivity index (χ1n) is 11.5. The number of likely N-dealkylation sites (tertiary alicyclic amines) is 1. The highest BCUT2D eigenvalue weighted by Crippen LogP contribution is 2.27. The summed E-state index contributed by atoms with van der Waals surface area (Å²) in [4.78, 5) is 26.6. The number of anilines is 1. The molecule has 1 aromatic heterocycles. The maximum atomic E-state index is 14.6. The molecule has 2 aliphatic rings. The summed E-state index contributed by atoms with van der Waals surface area (Å²) in [6.45, 7) is 2.05. The molecule has 2 aromatic carbocycles. The Labute approximate surface area is 191 Å². The van der Waals surface area contributed by atoms with Crippen LogP contribution in [0.15, 0.2) is 42.5 Å². The second kappa shape index (κ2) is 9.13. The maximum Gasteiger partial charge on any atom is 0.255 e. The molecule has 3 heterocycles. The molecule has 0 atom stereocenters. The van der Waals surface area contributed by atoms with Crippen molar-refractivity contribution < 1.29 is 14.0 Å². The lowest BCUT2D eigenvalue weighted by Gasteiger charge is -2.16. The molecule has 2 amide bonds. The lowest BCUT2D eigenvalue weighted by Crippen LogP contribution is -2.24. The minimum absolute atomic E-state index is 0.101. The van der Waals surface area contributed by atoms with E-state index in [-0.39, 0.29) is 11.6 Å². The van der Waals surface area contributed by atoms with Crippen molar-refractivity contribution >= 4 is 17.5 Å². The van der Waals surface area contributed by atoms with Gasteiger partial charge in [-0.1, -0.05) is 18.6 Å². The molecule has 0 bridgehead atoms. The molecule has 2 aliphatic heterocycles. The van der Waals surface area contributed by atoms with Gasteiger partial charge in [-0.25, -0.2) is 4.39 Å². The van der Waals surface area contributed by atoms with Gasteiger partial charge in [0.1, 0.15) is 11.6 Å². The number of nitrogens with zero attached hydrogens (tertiary/aromatic N) is 4. The molecule has 0 saturated carbocycles. The van der Waals surface area contributed by atoms with E-state index in [9.17, 15) is 14.0 Å². The van der Waals surface area contributed by atoms with E-state index in [0.717, 1.165) is 56.6 Å². The summed E-state index contributed by atoms with van der Waals surface area (Å²) in [7, 11) is 0. The molecule has 1 N–H and O–H groups in total. The van der Waals surface area contributed by atoms with Crippen LogP contribution in [0.25, 0.3) is 11.4 Å². The van der Waals surface area contributed by atoms with E-state index in [4.69, 9.17) is 0 Å². The first kappa shape index (κ1) is 21.3. The molecule has 33 heavy (non-hydrogen) atoms. The maximum absolute atomic E-state index is 14.6. The van der Waals surface area contributed by atoms with E-state index in [2.05, 4.69) is 20.1 Å².